The summed E-state index contributed by atoms with van der Waals surface area (Å²) in [5, 5.41) is 13.2. The molecule has 1 unspecified atom stereocenters. The standard InChI is InChI=1S/C18H21NO/c1-13-7-5-6-10-17(13)18(14-8-3-2-4-9-14)19-15-11-16(20)12-15/h2-10,15-16,18-20H,11-12H2,1H3. The van der Waals surface area contributed by atoms with E-state index in [4.69, 9.17) is 0 Å². The molecular formula is C18H21NO. The molecule has 2 N–H and O–H groups in total. The lowest BCUT2D eigenvalue weighted by molar-refractivity contribution is 0.0595. The Labute approximate surface area is 120 Å². The molecule has 0 amide bonds. The number of rotatable bonds is 4. The zero-order chi connectivity index (χ0) is 13.9. The van der Waals surface area contributed by atoms with Crippen molar-refractivity contribution in [3.8, 4) is 0 Å². The number of aliphatic hydroxyl groups is 1. The van der Waals surface area contributed by atoms with Crippen molar-refractivity contribution >= 4 is 0 Å². The van der Waals surface area contributed by atoms with Gasteiger partial charge in [-0.25, -0.2) is 0 Å². The van der Waals surface area contributed by atoms with Gasteiger partial charge >= 0.3 is 0 Å². The highest BCUT2D eigenvalue weighted by molar-refractivity contribution is 5.37. The summed E-state index contributed by atoms with van der Waals surface area (Å²) in [4.78, 5) is 0. The maximum Gasteiger partial charge on any atom is 0.0581 e. The van der Waals surface area contributed by atoms with E-state index in [2.05, 4.69) is 60.8 Å². The molecule has 1 fully saturated rings. The third kappa shape index (κ3) is 2.77. The first-order valence-corrected chi connectivity index (χ1v) is 7.28. The van der Waals surface area contributed by atoms with Crippen LogP contribution in [0.25, 0.3) is 0 Å². The second-order valence-corrected chi connectivity index (χ2v) is 5.69. The van der Waals surface area contributed by atoms with Crippen molar-refractivity contribution < 1.29 is 5.11 Å². The van der Waals surface area contributed by atoms with Gasteiger partial charge in [-0.2, -0.15) is 0 Å². The van der Waals surface area contributed by atoms with Crippen molar-refractivity contribution in [3.05, 3.63) is 71.3 Å². The van der Waals surface area contributed by atoms with Crippen LogP contribution in [0.5, 0.6) is 0 Å². The molecule has 0 radical (unpaired) electrons. The van der Waals surface area contributed by atoms with Gasteiger partial charge in [0.15, 0.2) is 0 Å². The molecular weight excluding hydrogens is 246 g/mol. The van der Waals surface area contributed by atoms with Crippen LogP contribution >= 0.6 is 0 Å². The Hall–Kier alpha value is -1.64. The molecule has 0 heterocycles. The Balaban J connectivity index is 1.89. The van der Waals surface area contributed by atoms with Gasteiger partial charge in [0.05, 0.1) is 12.1 Å². The van der Waals surface area contributed by atoms with E-state index in [1.54, 1.807) is 0 Å². The molecule has 0 spiro atoms. The molecule has 0 bridgehead atoms. The van der Waals surface area contributed by atoms with Gasteiger partial charge in [-0.15, -0.1) is 0 Å². The minimum Gasteiger partial charge on any atom is -0.393 e. The number of aliphatic hydroxyl groups excluding tert-OH is 1. The second-order valence-electron chi connectivity index (χ2n) is 5.69. The van der Waals surface area contributed by atoms with E-state index in [1.807, 2.05) is 6.07 Å². The van der Waals surface area contributed by atoms with Crippen molar-refractivity contribution in [2.24, 2.45) is 0 Å². The predicted molar refractivity (Wildman–Crippen MR) is 81.6 cm³/mol. The van der Waals surface area contributed by atoms with E-state index in [-0.39, 0.29) is 12.1 Å². The molecule has 20 heavy (non-hydrogen) atoms. The monoisotopic (exact) mass is 267 g/mol. The lowest BCUT2D eigenvalue weighted by Crippen LogP contribution is -2.45. The first-order valence-electron chi connectivity index (χ1n) is 7.28. The van der Waals surface area contributed by atoms with E-state index in [0.29, 0.717) is 6.04 Å². The SMILES string of the molecule is Cc1ccccc1C(NC1CC(O)C1)c1ccccc1. The molecule has 2 heteroatoms. The third-order valence-electron chi connectivity index (χ3n) is 4.15. The van der Waals surface area contributed by atoms with E-state index >= 15 is 0 Å². The number of hydrogen-bond donors (Lipinski definition) is 2. The first kappa shape index (κ1) is 13.3. The molecule has 0 saturated heterocycles. The summed E-state index contributed by atoms with van der Waals surface area (Å²) >= 11 is 0. The topological polar surface area (TPSA) is 32.3 Å². The van der Waals surface area contributed by atoms with Gasteiger partial charge in [-0.1, -0.05) is 54.6 Å². The molecule has 1 aliphatic rings. The van der Waals surface area contributed by atoms with Crippen LogP contribution in [0.3, 0.4) is 0 Å². The Morgan fingerprint density at radius 3 is 2.30 bits per heavy atom. The summed E-state index contributed by atoms with van der Waals surface area (Å²) in [6.07, 6.45) is 1.59. The summed E-state index contributed by atoms with van der Waals surface area (Å²) in [7, 11) is 0. The highest BCUT2D eigenvalue weighted by atomic mass is 16.3. The normalized spacial score (nSPS) is 23.1. The zero-order valence-corrected chi connectivity index (χ0v) is 11.8. The van der Waals surface area contributed by atoms with E-state index in [0.717, 1.165) is 12.8 Å². The molecule has 3 rings (SSSR count). The molecule has 1 aliphatic carbocycles. The fourth-order valence-corrected chi connectivity index (χ4v) is 2.88. The second kappa shape index (κ2) is 5.78. The lowest BCUT2D eigenvalue weighted by Gasteiger charge is -2.36. The van der Waals surface area contributed by atoms with Gasteiger partial charge in [0.2, 0.25) is 0 Å². The maximum absolute atomic E-state index is 9.49. The molecule has 1 atom stereocenters. The summed E-state index contributed by atoms with van der Waals surface area (Å²) in [6.45, 7) is 2.16. The molecule has 2 aromatic carbocycles. The summed E-state index contributed by atoms with van der Waals surface area (Å²) < 4.78 is 0. The third-order valence-corrected chi connectivity index (χ3v) is 4.15. The number of benzene rings is 2. The van der Waals surface area contributed by atoms with Crippen LogP contribution in [-0.4, -0.2) is 17.3 Å². The van der Waals surface area contributed by atoms with Crippen LogP contribution in [0.1, 0.15) is 35.6 Å². The van der Waals surface area contributed by atoms with Gasteiger partial charge in [0, 0.05) is 6.04 Å². The smallest absolute Gasteiger partial charge is 0.0581 e. The fraction of sp³-hybridized carbons (Fsp3) is 0.333. The highest BCUT2D eigenvalue weighted by Gasteiger charge is 2.30. The van der Waals surface area contributed by atoms with Gasteiger partial charge in [0.25, 0.3) is 0 Å². The molecule has 0 aliphatic heterocycles. The van der Waals surface area contributed by atoms with E-state index in [9.17, 15) is 5.11 Å². The van der Waals surface area contributed by atoms with Gasteiger partial charge in [0.1, 0.15) is 0 Å². The Morgan fingerprint density at radius 2 is 1.65 bits per heavy atom. The number of aryl methyl sites for hydroxylation is 1. The predicted octanol–water partition coefficient (Wildman–Crippen LogP) is 3.20. The number of hydrogen-bond acceptors (Lipinski definition) is 2. The van der Waals surface area contributed by atoms with Crippen LogP contribution in [0.15, 0.2) is 54.6 Å². The summed E-state index contributed by atoms with van der Waals surface area (Å²) in [5.74, 6) is 0. The molecule has 1 saturated carbocycles. The highest BCUT2D eigenvalue weighted by Crippen LogP contribution is 2.29. The Kier molecular flexibility index (Phi) is 3.86. The average molecular weight is 267 g/mol. The molecule has 2 nitrogen and oxygen atoms in total. The van der Waals surface area contributed by atoms with Crippen molar-refractivity contribution in [1.82, 2.24) is 5.32 Å². The molecule has 2 aromatic rings. The van der Waals surface area contributed by atoms with Gasteiger partial charge in [-0.3, -0.25) is 0 Å². The van der Waals surface area contributed by atoms with Crippen molar-refractivity contribution in [3.63, 3.8) is 0 Å². The summed E-state index contributed by atoms with van der Waals surface area (Å²) in [5.41, 5.74) is 3.90. The van der Waals surface area contributed by atoms with Gasteiger partial charge in [-0.05, 0) is 36.5 Å². The van der Waals surface area contributed by atoms with Crippen LogP contribution in [0, 0.1) is 6.92 Å². The Bertz CT molecular complexity index is 561. The first-order chi connectivity index (χ1) is 9.74. The van der Waals surface area contributed by atoms with Crippen LogP contribution < -0.4 is 5.32 Å². The molecule has 104 valence electrons. The maximum atomic E-state index is 9.49. The van der Waals surface area contributed by atoms with Crippen LogP contribution in [0.4, 0.5) is 0 Å². The summed E-state index contributed by atoms with van der Waals surface area (Å²) in [6, 6.07) is 19.7. The largest absolute Gasteiger partial charge is 0.393 e. The fourth-order valence-electron chi connectivity index (χ4n) is 2.88. The average Bonchev–Trinajstić information content (AvgIpc) is 2.44. The quantitative estimate of drug-likeness (QED) is 0.891. The Morgan fingerprint density at radius 1 is 1.00 bits per heavy atom. The van der Waals surface area contributed by atoms with Gasteiger partial charge < -0.3 is 10.4 Å². The molecule has 0 aromatic heterocycles. The van der Waals surface area contributed by atoms with Crippen molar-refractivity contribution in [2.45, 2.75) is 38.0 Å². The van der Waals surface area contributed by atoms with Crippen LogP contribution in [-0.2, 0) is 0 Å². The minimum absolute atomic E-state index is 0.124. The zero-order valence-electron chi connectivity index (χ0n) is 11.8. The van der Waals surface area contributed by atoms with Crippen molar-refractivity contribution in [2.75, 3.05) is 0 Å². The number of nitrogens with one attached hydrogen (secondary N) is 1. The minimum atomic E-state index is -0.124. The van der Waals surface area contributed by atoms with E-state index < -0.39 is 0 Å². The van der Waals surface area contributed by atoms with E-state index in [1.165, 1.54) is 16.7 Å². The van der Waals surface area contributed by atoms with Crippen LogP contribution in [0.2, 0.25) is 0 Å². The van der Waals surface area contributed by atoms with Crippen molar-refractivity contribution in [1.29, 1.82) is 0 Å². The lowest BCUT2D eigenvalue weighted by atomic mass is 9.86.